The summed E-state index contributed by atoms with van der Waals surface area (Å²) in [6.45, 7) is 2.26. The zero-order chi connectivity index (χ0) is 15.5. The summed E-state index contributed by atoms with van der Waals surface area (Å²) in [6.07, 6.45) is 11.8. The van der Waals surface area contributed by atoms with Crippen molar-refractivity contribution in [2.24, 2.45) is 5.84 Å². The average molecular weight is 423 g/mol. The molecule has 1 atom stereocenters. The first-order valence-corrected chi connectivity index (χ1v) is 9.55. The fourth-order valence-corrected chi connectivity index (χ4v) is 3.08. The van der Waals surface area contributed by atoms with Crippen LogP contribution in [0, 0.1) is 3.57 Å². The Kier molecular flexibility index (Phi) is 10.7. The number of hydrazine groups is 1. The molecule has 1 aromatic carbocycles. The van der Waals surface area contributed by atoms with E-state index in [0.29, 0.717) is 0 Å². The highest BCUT2D eigenvalue weighted by atomic mass is 127. The lowest BCUT2D eigenvalue weighted by Gasteiger charge is -2.17. The molecule has 0 heterocycles. The fraction of sp³-hybridized carbons (Fsp3) is 0.647. The molecule has 3 N–H and O–H groups in total. The van der Waals surface area contributed by atoms with Crippen LogP contribution in [0.4, 0.5) is 0 Å². The Morgan fingerprint density at radius 2 is 1.71 bits per heavy atom. The summed E-state index contributed by atoms with van der Waals surface area (Å²) >= 11 is 8.43. The van der Waals surface area contributed by atoms with Gasteiger partial charge in [0.05, 0.1) is 5.02 Å². The Labute approximate surface area is 148 Å². The first kappa shape index (κ1) is 19.2. The topological polar surface area (TPSA) is 38.0 Å². The number of hydrogen-bond donors (Lipinski definition) is 2. The zero-order valence-electron chi connectivity index (χ0n) is 13.0. The Hall–Kier alpha value is 0.160. The lowest BCUT2D eigenvalue weighted by molar-refractivity contribution is 0.475. The molecule has 0 aliphatic carbocycles. The van der Waals surface area contributed by atoms with Crippen LogP contribution in [-0.4, -0.2) is 0 Å². The van der Waals surface area contributed by atoms with Gasteiger partial charge in [0.15, 0.2) is 0 Å². The van der Waals surface area contributed by atoms with Crippen LogP contribution in [0.5, 0.6) is 0 Å². The maximum Gasteiger partial charge on any atom is 0.0542 e. The molecule has 4 heteroatoms. The lowest BCUT2D eigenvalue weighted by atomic mass is 10.00. The molecule has 0 amide bonds. The third-order valence-corrected chi connectivity index (χ3v) is 5.47. The van der Waals surface area contributed by atoms with Gasteiger partial charge in [-0.05, 0) is 46.7 Å². The second-order valence-electron chi connectivity index (χ2n) is 5.66. The molecule has 21 heavy (non-hydrogen) atoms. The summed E-state index contributed by atoms with van der Waals surface area (Å²) < 4.78 is 1.08. The van der Waals surface area contributed by atoms with Crippen molar-refractivity contribution in [2.75, 3.05) is 0 Å². The first-order valence-electron chi connectivity index (χ1n) is 8.10. The summed E-state index contributed by atoms with van der Waals surface area (Å²) in [5.41, 5.74) is 4.11. The van der Waals surface area contributed by atoms with E-state index in [-0.39, 0.29) is 6.04 Å². The van der Waals surface area contributed by atoms with Crippen LogP contribution in [0.1, 0.15) is 76.3 Å². The second kappa shape index (κ2) is 11.7. The van der Waals surface area contributed by atoms with E-state index in [1.54, 1.807) is 0 Å². The molecule has 0 spiro atoms. The van der Waals surface area contributed by atoms with Gasteiger partial charge in [-0.15, -0.1) is 0 Å². The molecule has 0 bridgehead atoms. The van der Waals surface area contributed by atoms with Crippen molar-refractivity contribution in [1.29, 1.82) is 0 Å². The van der Waals surface area contributed by atoms with E-state index in [9.17, 15) is 0 Å². The first-order chi connectivity index (χ1) is 10.2. The summed E-state index contributed by atoms with van der Waals surface area (Å²) in [4.78, 5) is 0. The van der Waals surface area contributed by atoms with Crippen molar-refractivity contribution >= 4 is 34.2 Å². The van der Waals surface area contributed by atoms with Crippen LogP contribution in [0.2, 0.25) is 5.02 Å². The maximum atomic E-state index is 6.18. The van der Waals surface area contributed by atoms with Crippen molar-refractivity contribution < 1.29 is 0 Å². The highest BCUT2D eigenvalue weighted by Crippen LogP contribution is 2.26. The van der Waals surface area contributed by atoms with Crippen LogP contribution >= 0.6 is 34.2 Å². The van der Waals surface area contributed by atoms with E-state index < -0.39 is 0 Å². The fourth-order valence-electron chi connectivity index (χ4n) is 2.56. The van der Waals surface area contributed by atoms with Crippen LogP contribution < -0.4 is 11.3 Å². The summed E-state index contributed by atoms with van der Waals surface area (Å²) in [5, 5.41) is 0.810. The van der Waals surface area contributed by atoms with Gasteiger partial charge in [0.25, 0.3) is 0 Å². The number of nitrogens with two attached hydrogens (primary N) is 1. The smallest absolute Gasteiger partial charge is 0.0542 e. The Morgan fingerprint density at radius 1 is 1.10 bits per heavy atom. The van der Waals surface area contributed by atoms with Gasteiger partial charge < -0.3 is 0 Å². The minimum Gasteiger partial charge on any atom is -0.271 e. The molecule has 0 aliphatic rings. The molecule has 1 rings (SSSR count). The normalized spacial score (nSPS) is 12.6. The van der Waals surface area contributed by atoms with Crippen molar-refractivity contribution in [3.8, 4) is 0 Å². The Morgan fingerprint density at radius 3 is 2.29 bits per heavy atom. The molecule has 0 saturated carbocycles. The molecule has 0 aromatic heterocycles. The summed E-state index contributed by atoms with van der Waals surface area (Å²) in [7, 11) is 0. The third kappa shape index (κ3) is 7.82. The molecule has 0 radical (unpaired) electrons. The minimum absolute atomic E-state index is 0.208. The number of hydrogen-bond acceptors (Lipinski definition) is 2. The zero-order valence-corrected chi connectivity index (χ0v) is 15.9. The van der Waals surface area contributed by atoms with Gasteiger partial charge in [-0.1, -0.05) is 76.0 Å². The van der Waals surface area contributed by atoms with Crippen LogP contribution in [0.3, 0.4) is 0 Å². The predicted molar refractivity (Wildman–Crippen MR) is 101 cm³/mol. The summed E-state index contributed by atoms with van der Waals surface area (Å²) in [5.74, 6) is 5.69. The molecule has 1 aromatic rings. The maximum absolute atomic E-state index is 6.18. The molecule has 0 fully saturated rings. The van der Waals surface area contributed by atoms with Crippen molar-refractivity contribution in [3.05, 3.63) is 32.4 Å². The quantitative estimate of drug-likeness (QED) is 0.199. The average Bonchev–Trinajstić information content (AvgIpc) is 2.49. The molecule has 0 aliphatic heterocycles. The van der Waals surface area contributed by atoms with Crippen molar-refractivity contribution in [3.63, 3.8) is 0 Å². The number of nitrogens with one attached hydrogen (secondary N) is 1. The number of benzene rings is 1. The number of halogens is 2. The molecular formula is C17H28ClIN2. The standard InChI is InChI=1S/C17H28ClIN2/c1-2-3-4-5-6-7-8-9-10-17(21-20)14-11-12-16(19)15(18)13-14/h11-13,17,21H,2-10,20H2,1H3. The van der Waals surface area contributed by atoms with Gasteiger partial charge in [0.2, 0.25) is 0 Å². The van der Waals surface area contributed by atoms with Gasteiger partial charge in [-0.25, -0.2) is 0 Å². The van der Waals surface area contributed by atoms with E-state index in [1.807, 2.05) is 6.07 Å². The molecule has 2 nitrogen and oxygen atoms in total. The number of unbranched alkanes of at least 4 members (excludes halogenated alkanes) is 7. The molecule has 0 saturated heterocycles. The van der Waals surface area contributed by atoms with E-state index in [0.717, 1.165) is 15.0 Å². The van der Waals surface area contributed by atoms with Crippen LogP contribution in [0.15, 0.2) is 18.2 Å². The van der Waals surface area contributed by atoms with E-state index in [2.05, 4.69) is 47.1 Å². The van der Waals surface area contributed by atoms with Crippen LogP contribution in [-0.2, 0) is 0 Å². The lowest BCUT2D eigenvalue weighted by Crippen LogP contribution is -2.28. The molecule has 1 unspecified atom stereocenters. The largest absolute Gasteiger partial charge is 0.271 e. The highest BCUT2D eigenvalue weighted by Gasteiger charge is 2.10. The van der Waals surface area contributed by atoms with Crippen LogP contribution in [0.25, 0.3) is 0 Å². The van der Waals surface area contributed by atoms with E-state index >= 15 is 0 Å². The minimum atomic E-state index is 0.208. The monoisotopic (exact) mass is 422 g/mol. The van der Waals surface area contributed by atoms with Gasteiger partial charge >= 0.3 is 0 Å². The van der Waals surface area contributed by atoms with Gasteiger partial charge in [-0.3, -0.25) is 11.3 Å². The SMILES string of the molecule is CCCCCCCCCCC(NN)c1ccc(I)c(Cl)c1. The third-order valence-electron chi connectivity index (χ3n) is 3.89. The van der Waals surface area contributed by atoms with E-state index in [4.69, 9.17) is 17.4 Å². The second-order valence-corrected chi connectivity index (χ2v) is 7.23. The van der Waals surface area contributed by atoms with Crippen molar-refractivity contribution in [2.45, 2.75) is 70.8 Å². The molecule has 120 valence electrons. The number of rotatable bonds is 11. The van der Waals surface area contributed by atoms with Gasteiger partial charge in [0.1, 0.15) is 0 Å². The van der Waals surface area contributed by atoms with E-state index in [1.165, 1.54) is 56.9 Å². The summed E-state index contributed by atoms with van der Waals surface area (Å²) in [6, 6.07) is 6.40. The van der Waals surface area contributed by atoms with Gasteiger partial charge in [0, 0.05) is 9.61 Å². The Bertz CT molecular complexity index is 398. The molecular weight excluding hydrogens is 395 g/mol. The predicted octanol–water partition coefficient (Wildman–Crippen LogP) is 5.98. The highest BCUT2D eigenvalue weighted by molar-refractivity contribution is 14.1. The Balaban J connectivity index is 2.23. The van der Waals surface area contributed by atoms with Crippen molar-refractivity contribution in [1.82, 2.24) is 5.43 Å². The van der Waals surface area contributed by atoms with Gasteiger partial charge in [-0.2, -0.15) is 0 Å².